The molecule has 0 aliphatic carbocycles. The van der Waals surface area contributed by atoms with Crippen molar-refractivity contribution in [1.29, 1.82) is 0 Å². The van der Waals surface area contributed by atoms with Gasteiger partial charge in [-0.15, -0.1) is 0 Å². The Kier molecular flexibility index (Phi) is 4.35. The van der Waals surface area contributed by atoms with Gasteiger partial charge in [0.05, 0.1) is 18.1 Å². The number of nitro groups is 1. The van der Waals surface area contributed by atoms with Crippen LogP contribution >= 0.6 is 0 Å². The van der Waals surface area contributed by atoms with Crippen molar-refractivity contribution in [2.45, 2.75) is 27.1 Å². The lowest BCUT2D eigenvalue weighted by atomic mass is 9.90. The molecular formula is C16H17NO4. The van der Waals surface area contributed by atoms with E-state index in [4.69, 9.17) is 0 Å². The fourth-order valence-corrected chi connectivity index (χ4v) is 2.64. The first kappa shape index (κ1) is 15.2. The van der Waals surface area contributed by atoms with Gasteiger partial charge in [0.2, 0.25) is 0 Å². The monoisotopic (exact) mass is 287 g/mol. The molecule has 0 unspecified atom stereocenters. The molecule has 0 aliphatic heterocycles. The van der Waals surface area contributed by atoms with Crippen molar-refractivity contribution in [3.05, 3.63) is 62.7 Å². The normalized spacial score (nSPS) is 10.7. The van der Waals surface area contributed by atoms with Crippen molar-refractivity contribution >= 4 is 5.69 Å². The number of rotatable bonds is 4. The van der Waals surface area contributed by atoms with Gasteiger partial charge in [0.25, 0.3) is 5.69 Å². The fraction of sp³-hybridized carbons (Fsp3) is 0.250. The average molecular weight is 287 g/mol. The molecule has 0 radical (unpaired) electrons. The second-order valence-corrected chi connectivity index (χ2v) is 5.02. The molecule has 21 heavy (non-hydrogen) atoms. The Morgan fingerprint density at radius 1 is 1.05 bits per heavy atom. The molecule has 0 heterocycles. The van der Waals surface area contributed by atoms with E-state index in [1.165, 1.54) is 12.1 Å². The van der Waals surface area contributed by atoms with E-state index in [0.29, 0.717) is 5.56 Å². The number of hydrogen-bond acceptors (Lipinski definition) is 4. The van der Waals surface area contributed by atoms with Crippen LogP contribution in [-0.4, -0.2) is 15.1 Å². The summed E-state index contributed by atoms with van der Waals surface area (Å²) in [4.78, 5) is 10.4. The van der Waals surface area contributed by atoms with E-state index in [1.54, 1.807) is 6.07 Å². The minimum atomic E-state index is -0.475. The van der Waals surface area contributed by atoms with Gasteiger partial charge in [-0.1, -0.05) is 12.1 Å². The number of aliphatic hydroxyl groups excluding tert-OH is 2. The molecule has 0 fully saturated rings. The van der Waals surface area contributed by atoms with Gasteiger partial charge in [0, 0.05) is 12.1 Å². The molecule has 0 bridgehead atoms. The Bertz CT molecular complexity index is 672. The third kappa shape index (κ3) is 2.94. The largest absolute Gasteiger partial charge is 0.392 e. The van der Waals surface area contributed by atoms with Gasteiger partial charge in [-0.25, -0.2) is 0 Å². The topological polar surface area (TPSA) is 83.6 Å². The molecule has 0 saturated heterocycles. The van der Waals surface area contributed by atoms with Gasteiger partial charge in [-0.05, 0) is 53.3 Å². The molecular weight excluding hydrogens is 270 g/mol. The van der Waals surface area contributed by atoms with Crippen molar-refractivity contribution in [2.24, 2.45) is 0 Å². The van der Waals surface area contributed by atoms with E-state index in [1.807, 2.05) is 26.0 Å². The summed E-state index contributed by atoms with van der Waals surface area (Å²) in [5.74, 6) is 0. The zero-order valence-corrected chi connectivity index (χ0v) is 12.0. The van der Waals surface area contributed by atoms with Crippen LogP contribution in [0.5, 0.6) is 0 Å². The highest BCUT2D eigenvalue weighted by Gasteiger charge is 2.15. The quantitative estimate of drug-likeness (QED) is 0.669. The zero-order valence-electron chi connectivity index (χ0n) is 12.0. The summed E-state index contributed by atoms with van der Waals surface area (Å²) >= 11 is 0. The van der Waals surface area contributed by atoms with Crippen LogP contribution in [0.1, 0.15) is 22.3 Å². The van der Waals surface area contributed by atoms with Crippen LogP contribution in [0.15, 0.2) is 30.3 Å². The molecule has 2 rings (SSSR count). The predicted octanol–water partition coefficient (Wildman–Crippen LogP) is 2.86. The number of nitrogens with zero attached hydrogens (tertiary/aromatic N) is 1. The molecule has 2 aromatic rings. The van der Waals surface area contributed by atoms with Gasteiger partial charge >= 0.3 is 0 Å². The third-order valence-corrected chi connectivity index (χ3v) is 3.51. The lowest BCUT2D eigenvalue weighted by molar-refractivity contribution is -0.384. The first-order valence-corrected chi connectivity index (χ1v) is 6.57. The number of aliphatic hydroxyl groups is 2. The number of nitro benzene ring substituents is 1. The van der Waals surface area contributed by atoms with Crippen molar-refractivity contribution in [2.75, 3.05) is 0 Å². The van der Waals surface area contributed by atoms with Crippen LogP contribution in [-0.2, 0) is 13.2 Å². The van der Waals surface area contributed by atoms with Crippen molar-refractivity contribution in [3.8, 4) is 11.1 Å². The van der Waals surface area contributed by atoms with Gasteiger partial charge in [0.1, 0.15) is 0 Å². The second-order valence-electron chi connectivity index (χ2n) is 5.02. The molecule has 0 aromatic heterocycles. The Morgan fingerprint density at radius 3 is 2.14 bits per heavy atom. The summed E-state index contributed by atoms with van der Waals surface area (Å²) in [6.07, 6.45) is 0. The zero-order chi connectivity index (χ0) is 15.6. The minimum absolute atomic E-state index is 0.0327. The molecule has 0 saturated carbocycles. The van der Waals surface area contributed by atoms with Crippen LogP contribution in [0.25, 0.3) is 11.1 Å². The molecule has 0 spiro atoms. The van der Waals surface area contributed by atoms with E-state index in [-0.39, 0.29) is 18.9 Å². The van der Waals surface area contributed by atoms with Gasteiger partial charge in [-0.3, -0.25) is 10.1 Å². The minimum Gasteiger partial charge on any atom is -0.392 e. The van der Waals surface area contributed by atoms with Crippen molar-refractivity contribution in [1.82, 2.24) is 0 Å². The van der Waals surface area contributed by atoms with E-state index in [2.05, 4.69) is 0 Å². The Hall–Kier alpha value is -2.24. The number of aryl methyl sites for hydroxylation is 2. The van der Waals surface area contributed by atoms with Gasteiger partial charge < -0.3 is 10.2 Å². The molecule has 5 heteroatoms. The third-order valence-electron chi connectivity index (χ3n) is 3.51. The molecule has 2 N–H and O–H groups in total. The molecule has 5 nitrogen and oxygen atoms in total. The van der Waals surface area contributed by atoms with E-state index in [9.17, 15) is 20.3 Å². The van der Waals surface area contributed by atoms with Crippen LogP contribution in [0.3, 0.4) is 0 Å². The highest BCUT2D eigenvalue weighted by Crippen LogP contribution is 2.33. The maximum absolute atomic E-state index is 10.8. The van der Waals surface area contributed by atoms with E-state index in [0.717, 1.165) is 27.8 Å². The average Bonchev–Trinajstić information content (AvgIpc) is 2.46. The van der Waals surface area contributed by atoms with Crippen LogP contribution in [0, 0.1) is 24.0 Å². The lowest BCUT2D eigenvalue weighted by Gasteiger charge is -2.15. The predicted molar refractivity (Wildman–Crippen MR) is 79.9 cm³/mol. The van der Waals surface area contributed by atoms with E-state index < -0.39 is 4.92 Å². The maximum atomic E-state index is 10.8. The van der Waals surface area contributed by atoms with Crippen LogP contribution in [0.4, 0.5) is 5.69 Å². The smallest absolute Gasteiger partial charge is 0.269 e. The van der Waals surface area contributed by atoms with Crippen LogP contribution in [0.2, 0.25) is 0 Å². The summed E-state index contributed by atoms with van der Waals surface area (Å²) in [6, 6.07) is 8.26. The maximum Gasteiger partial charge on any atom is 0.269 e. The molecule has 2 aromatic carbocycles. The summed E-state index contributed by atoms with van der Waals surface area (Å²) in [5, 5.41) is 29.6. The fourth-order valence-electron chi connectivity index (χ4n) is 2.64. The SMILES string of the molecule is Cc1cc(CO)cc(C)c1-c1ccc([N+](=O)[O-])cc1CO. The van der Waals surface area contributed by atoms with Crippen molar-refractivity contribution < 1.29 is 15.1 Å². The highest BCUT2D eigenvalue weighted by atomic mass is 16.6. The number of non-ortho nitro benzene ring substituents is 1. The summed E-state index contributed by atoms with van der Waals surface area (Å²) in [7, 11) is 0. The summed E-state index contributed by atoms with van der Waals surface area (Å²) in [6.45, 7) is 3.54. The van der Waals surface area contributed by atoms with E-state index >= 15 is 0 Å². The standard InChI is InChI=1S/C16H17NO4/c1-10-5-12(8-18)6-11(2)16(10)15-4-3-14(17(20)21)7-13(15)9-19/h3-7,18-19H,8-9H2,1-2H3. The van der Waals surface area contributed by atoms with Crippen molar-refractivity contribution in [3.63, 3.8) is 0 Å². The second kappa shape index (κ2) is 6.03. The lowest BCUT2D eigenvalue weighted by Crippen LogP contribution is -1.98. The Balaban J connectivity index is 2.64. The molecule has 0 aliphatic rings. The van der Waals surface area contributed by atoms with Gasteiger partial charge in [0.15, 0.2) is 0 Å². The first-order chi connectivity index (χ1) is 9.97. The molecule has 110 valence electrons. The molecule has 0 atom stereocenters. The van der Waals surface area contributed by atoms with Gasteiger partial charge in [-0.2, -0.15) is 0 Å². The first-order valence-electron chi connectivity index (χ1n) is 6.57. The highest BCUT2D eigenvalue weighted by molar-refractivity contribution is 5.75. The number of benzene rings is 2. The summed E-state index contributed by atoms with van der Waals surface area (Å²) < 4.78 is 0. The van der Waals surface area contributed by atoms with Crippen LogP contribution < -0.4 is 0 Å². The Morgan fingerprint density at radius 2 is 1.67 bits per heavy atom. The molecule has 0 amide bonds. The summed E-state index contributed by atoms with van der Waals surface area (Å²) in [5.41, 5.74) is 4.94. The Labute approximate surface area is 122 Å². The number of hydrogen-bond donors (Lipinski definition) is 2.